The first kappa shape index (κ1) is 22.3. The number of nitrogens with zero attached hydrogens (tertiary/aromatic N) is 1. The zero-order valence-electron chi connectivity index (χ0n) is 17.8. The van der Waals surface area contributed by atoms with Crippen molar-refractivity contribution in [3.63, 3.8) is 0 Å². The number of sulfonamides is 1. The standard InChI is InChI=1S/C23H29NO5S/c1-17-8-9-18(2)20(14-17)16-29-23(25)19-10-11-21(28-3)22(15-19)30(26,27)24-12-6-4-5-7-13-24/h8-11,14-15H,4-7,12-13,16H2,1-3H3. The van der Waals surface area contributed by atoms with Gasteiger partial charge in [0.15, 0.2) is 0 Å². The zero-order chi connectivity index (χ0) is 21.7. The molecule has 0 bridgehead atoms. The molecule has 0 spiro atoms. The lowest BCUT2D eigenvalue weighted by molar-refractivity contribution is 0.0471. The Bertz CT molecular complexity index is 1010. The Hall–Kier alpha value is -2.38. The number of hydrogen-bond acceptors (Lipinski definition) is 5. The fourth-order valence-electron chi connectivity index (χ4n) is 3.61. The smallest absolute Gasteiger partial charge is 0.338 e. The maximum atomic E-state index is 13.2. The molecule has 2 aromatic rings. The monoisotopic (exact) mass is 431 g/mol. The lowest BCUT2D eigenvalue weighted by atomic mass is 10.1. The van der Waals surface area contributed by atoms with Crippen LogP contribution in [0.2, 0.25) is 0 Å². The molecular weight excluding hydrogens is 402 g/mol. The normalized spacial score (nSPS) is 15.4. The number of carbonyl (C=O) groups is 1. The highest BCUT2D eigenvalue weighted by Crippen LogP contribution is 2.29. The van der Waals surface area contributed by atoms with E-state index in [0.29, 0.717) is 13.1 Å². The first-order valence-corrected chi connectivity index (χ1v) is 11.7. The maximum absolute atomic E-state index is 13.2. The molecule has 2 aromatic carbocycles. The highest BCUT2D eigenvalue weighted by atomic mass is 32.2. The number of carbonyl (C=O) groups excluding carboxylic acids is 1. The van der Waals surface area contributed by atoms with Crippen molar-refractivity contribution in [3.05, 3.63) is 58.7 Å². The van der Waals surface area contributed by atoms with Gasteiger partial charge in [0.2, 0.25) is 10.0 Å². The molecule has 162 valence electrons. The van der Waals surface area contributed by atoms with Gasteiger partial charge in [-0.15, -0.1) is 0 Å². The number of benzene rings is 2. The molecule has 0 saturated carbocycles. The molecule has 1 saturated heterocycles. The van der Waals surface area contributed by atoms with Gasteiger partial charge in [-0.25, -0.2) is 13.2 Å². The minimum atomic E-state index is -3.76. The maximum Gasteiger partial charge on any atom is 0.338 e. The molecule has 0 atom stereocenters. The topological polar surface area (TPSA) is 72.9 Å². The molecule has 1 fully saturated rings. The van der Waals surface area contributed by atoms with Crippen molar-refractivity contribution in [2.45, 2.75) is 51.0 Å². The fraction of sp³-hybridized carbons (Fsp3) is 0.435. The molecule has 30 heavy (non-hydrogen) atoms. The highest BCUT2D eigenvalue weighted by molar-refractivity contribution is 7.89. The summed E-state index contributed by atoms with van der Waals surface area (Å²) in [5.74, 6) is -0.337. The van der Waals surface area contributed by atoms with Crippen molar-refractivity contribution < 1.29 is 22.7 Å². The predicted molar refractivity (Wildman–Crippen MR) is 115 cm³/mol. The van der Waals surface area contributed by atoms with Crippen LogP contribution in [0.1, 0.15) is 52.7 Å². The molecule has 6 nitrogen and oxygen atoms in total. The summed E-state index contributed by atoms with van der Waals surface area (Å²) < 4.78 is 38.7. The summed E-state index contributed by atoms with van der Waals surface area (Å²) in [5, 5.41) is 0. The largest absolute Gasteiger partial charge is 0.495 e. The lowest BCUT2D eigenvalue weighted by Gasteiger charge is -2.21. The number of hydrogen-bond donors (Lipinski definition) is 0. The van der Waals surface area contributed by atoms with E-state index < -0.39 is 16.0 Å². The molecule has 3 rings (SSSR count). The van der Waals surface area contributed by atoms with E-state index in [1.165, 1.54) is 29.6 Å². The van der Waals surface area contributed by atoms with Gasteiger partial charge >= 0.3 is 5.97 Å². The quantitative estimate of drug-likeness (QED) is 0.640. The van der Waals surface area contributed by atoms with Crippen molar-refractivity contribution >= 4 is 16.0 Å². The van der Waals surface area contributed by atoms with Gasteiger partial charge in [-0.3, -0.25) is 0 Å². The molecule has 0 unspecified atom stereocenters. The summed E-state index contributed by atoms with van der Waals surface area (Å²) in [6, 6.07) is 10.4. The van der Waals surface area contributed by atoms with Gasteiger partial charge in [-0.1, -0.05) is 36.6 Å². The van der Waals surface area contributed by atoms with Crippen LogP contribution in [0, 0.1) is 13.8 Å². The van der Waals surface area contributed by atoms with Crippen LogP contribution in [0.4, 0.5) is 0 Å². The van der Waals surface area contributed by atoms with E-state index >= 15 is 0 Å². The third kappa shape index (κ3) is 5.02. The first-order valence-electron chi connectivity index (χ1n) is 10.2. The Kier molecular flexibility index (Phi) is 7.15. The van der Waals surface area contributed by atoms with Crippen LogP contribution in [0.5, 0.6) is 5.75 Å². The third-order valence-electron chi connectivity index (χ3n) is 5.45. The average molecular weight is 432 g/mol. The third-order valence-corrected chi connectivity index (χ3v) is 7.37. The molecule has 0 aliphatic carbocycles. The van der Waals surface area contributed by atoms with Gasteiger partial charge in [0.1, 0.15) is 17.3 Å². The van der Waals surface area contributed by atoms with Crippen LogP contribution >= 0.6 is 0 Å². The van der Waals surface area contributed by atoms with E-state index in [4.69, 9.17) is 9.47 Å². The summed E-state index contributed by atoms with van der Waals surface area (Å²) >= 11 is 0. The second-order valence-electron chi connectivity index (χ2n) is 7.69. The van der Waals surface area contributed by atoms with E-state index in [0.717, 1.165) is 42.4 Å². The van der Waals surface area contributed by atoms with E-state index in [9.17, 15) is 13.2 Å². The summed E-state index contributed by atoms with van der Waals surface area (Å²) in [6.07, 6.45) is 3.71. The second kappa shape index (κ2) is 9.62. The van der Waals surface area contributed by atoms with Crippen LogP contribution in [0.3, 0.4) is 0 Å². The van der Waals surface area contributed by atoms with E-state index in [1.807, 2.05) is 32.0 Å². The van der Waals surface area contributed by atoms with Gasteiger partial charge in [0, 0.05) is 13.1 Å². The number of rotatable bonds is 6. The predicted octanol–water partition coefficient (Wildman–Crippen LogP) is 4.23. The molecule has 1 aliphatic rings. The van der Waals surface area contributed by atoms with Gasteiger partial charge in [0.05, 0.1) is 12.7 Å². The van der Waals surface area contributed by atoms with Crippen molar-refractivity contribution in [2.24, 2.45) is 0 Å². The number of aryl methyl sites for hydroxylation is 2. The van der Waals surface area contributed by atoms with Crippen molar-refractivity contribution in [1.82, 2.24) is 4.31 Å². The van der Waals surface area contributed by atoms with Gasteiger partial charge in [-0.05, 0) is 56.0 Å². The average Bonchev–Trinajstić information content (AvgIpc) is 3.04. The Morgan fingerprint density at radius 2 is 1.70 bits per heavy atom. The Labute approximate surface area is 178 Å². The van der Waals surface area contributed by atoms with Crippen molar-refractivity contribution in [3.8, 4) is 5.75 Å². The first-order chi connectivity index (χ1) is 14.3. The van der Waals surface area contributed by atoms with Crippen LogP contribution in [-0.2, 0) is 21.4 Å². The van der Waals surface area contributed by atoms with Gasteiger partial charge in [0.25, 0.3) is 0 Å². The van der Waals surface area contributed by atoms with Crippen LogP contribution in [0.15, 0.2) is 41.3 Å². The molecule has 1 aliphatic heterocycles. The summed E-state index contributed by atoms with van der Waals surface area (Å²) in [4.78, 5) is 12.7. The van der Waals surface area contributed by atoms with Crippen LogP contribution < -0.4 is 4.74 Å². The lowest BCUT2D eigenvalue weighted by Crippen LogP contribution is -2.32. The molecule has 1 heterocycles. The van der Waals surface area contributed by atoms with E-state index in [1.54, 1.807) is 0 Å². The number of esters is 1. The van der Waals surface area contributed by atoms with Crippen molar-refractivity contribution in [1.29, 1.82) is 0 Å². The second-order valence-corrected chi connectivity index (χ2v) is 9.60. The minimum Gasteiger partial charge on any atom is -0.495 e. The minimum absolute atomic E-state index is 0.00749. The van der Waals surface area contributed by atoms with E-state index in [2.05, 4.69) is 0 Å². The zero-order valence-corrected chi connectivity index (χ0v) is 18.6. The Balaban J connectivity index is 1.84. The van der Waals surface area contributed by atoms with Gasteiger partial charge in [-0.2, -0.15) is 4.31 Å². The SMILES string of the molecule is COc1ccc(C(=O)OCc2cc(C)ccc2C)cc1S(=O)(=O)N1CCCCCC1. The molecule has 0 aromatic heterocycles. The summed E-state index contributed by atoms with van der Waals surface area (Å²) in [6.45, 7) is 5.03. The Morgan fingerprint density at radius 1 is 1.00 bits per heavy atom. The molecule has 0 radical (unpaired) electrons. The van der Waals surface area contributed by atoms with Crippen LogP contribution in [0.25, 0.3) is 0 Å². The highest BCUT2D eigenvalue weighted by Gasteiger charge is 2.29. The summed E-state index contributed by atoms with van der Waals surface area (Å²) in [7, 11) is -2.34. The Morgan fingerprint density at radius 3 is 2.37 bits per heavy atom. The summed E-state index contributed by atoms with van der Waals surface area (Å²) in [5.41, 5.74) is 3.23. The van der Waals surface area contributed by atoms with E-state index in [-0.39, 0.29) is 22.8 Å². The van der Waals surface area contributed by atoms with Gasteiger partial charge < -0.3 is 9.47 Å². The number of methoxy groups -OCH3 is 1. The van der Waals surface area contributed by atoms with Crippen molar-refractivity contribution in [2.75, 3.05) is 20.2 Å². The van der Waals surface area contributed by atoms with Crippen LogP contribution in [-0.4, -0.2) is 38.9 Å². The molecule has 7 heteroatoms. The molecule has 0 amide bonds. The fourth-order valence-corrected chi connectivity index (χ4v) is 5.31. The molecular formula is C23H29NO5S. The number of ether oxygens (including phenoxy) is 2. The molecule has 0 N–H and O–H groups in total.